The molecule has 0 aliphatic rings. The molecule has 4 nitrogen and oxygen atoms in total. The fourth-order valence-electron chi connectivity index (χ4n) is 1.34. The standard InChI is InChI=1S/C12H8ClN3OS/c1-7-15-6-11(18-7)12(17)16-10-3-2-8(5-14)4-9(10)13/h2-4,6H,1H3,(H,16,17). The Labute approximate surface area is 113 Å². The van der Waals surface area contributed by atoms with E-state index in [1.807, 2.05) is 13.0 Å². The highest BCUT2D eigenvalue weighted by atomic mass is 35.5. The number of nitriles is 1. The van der Waals surface area contributed by atoms with Crippen LogP contribution >= 0.6 is 22.9 Å². The first-order chi connectivity index (χ1) is 8.60. The van der Waals surface area contributed by atoms with E-state index in [9.17, 15) is 4.79 Å². The molecule has 90 valence electrons. The second-order valence-corrected chi connectivity index (χ2v) is 5.15. The van der Waals surface area contributed by atoms with Gasteiger partial charge in [-0.1, -0.05) is 11.6 Å². The SMILES string of the molecule is Cc1ncc(C(=O)Nc2ccc(C#N)cc2Cl)s1. The number of carbonyl (C=O) groups excluding carboxylic acids is 1. The maximum atomic E-state index is 11.9. The first-order valence-corrected chi connectivity index (χ1v) is 6.23. The molecule has 1 aromatic carbocycles. The fraction of sp³-hybridized carbons (Fsp3) is 0.0833. The number of thiazole rings is 1. The summed E-state index contributed by atoms with van der Waals surface area (Å²) in [5, 5.41) is 12.6. The van der Waals surface area contributed by atoms with Gasteiger partial charge in [-0.25, -0.2) is 4.98 Å². The molecule has 1 aromatic heterocycles. The fourth-order valence-corrected chi connectivity index (χ4v) is 2.24. The van der Waals surface area contributed by atoms with Crippen molar-refractivity contribution < 1.29 is 4.79 Å². The first-order valence-electron chi connectivity index (χ1n) is 5.03. The Kier molecular flexibility index (Phi) is 3.60. The van der Waals surface area contributed by atoms with Crippen LogP contribution in [0, 0.1) is 18.3 Å². The van der Waals surface area contributed by atoms with Crippen LogP contribution in [0.5, 0.6) is 0 Å². The summed E-state index contributed by atoms with van der Waals surface area (Å²) in [7, 11) is 0. The van der Waals surface area contributed by atoms with E-state index in [1.54, 1.807) is 12.1 Å². The van der Waals surface area contributed by atoms with Crippen molar-refractivity contribution >= 4 is 34.5 Å². The van der Waals surface area contributed by atoms with Gasteiger partial charge in [0.25, 0.3) is 5.91 Å². The van der Waals surface area contributed by atoms with Crippen LogP contribution in [0.25, 0.3) is 0 Å². The second kappa shape index (κ2) is 5.17. The van der Waals surface area contributed by atoms with Crippen molar-refractivity contribution in [2.45, 2.75) is 6.92 Å². The van der Waals surface area contributed by atoms with Gasteiger partial charge in [0.05, 0.1) is 33.5 Å². The molecule has 6 heteroatoms. The van der Waals surface area contributed by atoms with Gasteiger partial charge in [0.2, 0.25) is 0 Å². The quantitative estimate of drug-likeness (QED) is 0.916. The molecular formula is C12H8ClN3OS. The van der Waals surface area contributed by atoms with Crippen molar-refractivity contribution in [1.29, 1.82) is 5.26 Å². The number of benzene rings is 1. The zero-order valence-electron chi connectivity index (χ0n) is 9.40. The lowest BCUT2D eigenvalue weighted by Crippen LogP contribution is -2.10. The molecule has 0 aliphatic carbocycles. The van der Waals surface area contributed by atoms with Gasteiger partial charge in [-0.05, 0) is 25.1 Å². The summed E-state index contributed by atoms with van der Waals surface area (Å²) in [6.45, 7) is 1.83. The predicted octanol–water partition coefficient (Wildman–Crippen LogP) is 3.23. The average molecular weight is 278 g/mol. The van der Waals surface area contributed by atoms with Gasteiger partial charge in [0, 0.05) is 0 Å². The van der Waals surface area contributed by atoms with Crippen molar-refractivity contribution in [2.24, 2.45) is 0 Å². The van der Waals surface area contributed by atoms with Gasteiger partial charge in [0.1, 0.15) is 4.88 Å². The lowest BCUT2D eigenvalue weighted by molar-refractivity contribution is 0.103. The van der Waals surface area contributed by atoms with E-state index < -0.39 is 0 Å². The number of hydrogen-bond acceptors (Lipinski definition) is 4. The summed E-state index contributed by atoms with van der Waals surface area (Å²) < 4.78 is 0. The van der Waals surface area contributed by atoms with E-state index in [2.05, 4.69) is 10.3 Å². The molecule has 0 spiro atoms. The molecule has 0 radical (unpaired) electrons. The van der Waals surface area contributed by atoms with Crippen molar-refractivity contribution in [2.75, 3.05) is 5.32 Å². The van der Waals surface area contributed by atoms with E-state index >= 15 is 0 Å². The van der Waals surface area contributed by atoms with E-state index in [0.717, 1.165) is 5.01 Å². The Hall–Kier alpha value is -1.90. The summed E-state index contributed by atoms with van der Waals surface area (Å²) in [4.78, 5) is 16.4. The smallest absolute Gasteiger partial charge is 0.267 e. The molecular weight excluding hydrogens is 270 g/mol. The molecule has 2 rings (SSSR count). The Bertz CT molecular complexity index is 645. The highest BCUT2D eigenvalue weighted by Gasteiger charge is 2.11. The third-order valence-electron chi connectivity index (χ3n) is 2.19. The van der Waals surface area contributed by atoms with Gasteiger partial charge in [-0.3, -0.25) is 4.79 Å². The van der Waals surface area contributed by atoms with Gasteiger partial charge >= 0.3 is 0 Å². The summed E-state index contributed by atoms with van der Waals surface area (Å²) in [5.74, 6) is -0.257. The number of carbonyl (C=O) groups is 1. The van der Waals surface area contributed by atoms with Crippen LogP contribution in [0.3, 0.4) is 0 Å². The molecule has 18 heavy (non-hydrogen) atoms. The number of hydrogen-bond donors (Lipinski definition) is 1. The monoisotopic (exact) mass is 277 g/mol. The van der Waals surface area contributed by atoms with Crippen LogP contribution in [-0.2, 0) is 0 Å². The normalized spacial score (nSPS) is 9.83. The molecule has 0 saturated heterocycles. The Morgan fingerprint density at radius 2 is 2.33 bits per heavy atom. The predicted molar refractivity (Wildman–Crippen MR) is 71.0 cm³/mol. The number of halogens is 1. The summed E-state index contributed by atoms with van der Waals surface area (Å²) in [6.07, 6.45) is 1.52. The van der Waals surface area contributed by atoms with Crippen LogP contribution in [0.2, 0.25) is 5.02 Å². The van der Waals surface area contributed by atoms with E-state index in [1.165, 1.54) is 23.6 Å². The lowest BCUT2D eigenvalue weighted by Gasteiger charge is -2.05. The third kappa shape index (κ3) is 2.67. The molecule has 0 atom stereocenters. The minimum atomic E-state index is -0.257. The maximum Gasteiger partial charge on any atom is 0.267 e. The highest BCUT2D eigenvalue weighted by Crippen LogP contribution is 2.24. The molecule has 1 amide bonds. The largest absolute Gasteiger partial charge is 0.320 e. The van der Waals surface area contributed by atoms with Crippen LogP contribution in [-0.4, -0.2) is 10.9 Å². The van der Waals surface area contributed by atoms with E-state index in [4.69, 9.17) is 16.9 Å². The topological polar surface area (TPSA) is 65.8 Å². The maximum absolute atomic E-state index is 11.9. The number of nitrogens with zero attached hydrogens (tertiary/aromatic N) is 2. The Morgan fingerprint density at radius 1 is 1.56 bits per heavy atom. The van der Waals surface area contributed by atoms with Gasteiger partial charge < -0.3 is 5.32 Å². The number of anilines is 1. The minimum Gasteiger partial charge on any atom is -0.320 e. The number of nitrogens with one attached hydrogen (secondary N) is 1. The lowest BCUT2D eigenvalue weighted by atomic mass is 10.2. The van der Waals surface area contributed by atoms with Gasteiger partial charge in [-0.2, -0.15) is 5.26 Å². The molecule has 0 bridgehead atoms. The number of rotatable bonds is 2. The number of aromatic nitrogens is 1. The Morgan fingerprint density at radius 3 is 2.89 bits per heavy atom. The molecule has 1 heterocycles. The second-order valence-electron chi connectivity index (χ2n) is 3.50. The molecule has 0 fully saturated rings. The zero-order valence-corrected chi connectivity index (χ0v) is 11.0. The molecule has 0 saturated carbocycles. The highest BCUT2D eigenvalue weighted by molar-refractivity contribution is 7.13. The molecule has 0 unspecified atom stereocenters. The third-order valence-corrected chi connectivity index (χ3v) is 3.42. The van der Waals surface area contributed by atoms with Crippen LogP contribution < -0.4 is 5.32 Å². The summed E-state index contributed by atoms with van der Waals surface area (Å²) in [6, 6.07) is 6.69. The van der Waals surface area contributed by atoms with Crippen LogP contribution in [0.15, 0.2) is 24.4 Å². The van der Waals surface area contributed by atoms with Crippen LogP contribution in [0.4, 0.5) is 5.69 Å². The Balaban J connectivity index is 2.20. The van der Waals surface area contributed by atoms with Crippen molar-refractivity contribution in [1.82, 2.24) is 4.98 Å². The summed E-state index contributed by atoms with van der Waals surface area (Å²) >= 11 is 7.28. The van der Waals surface area contributed by atoms with Gasteiger partial charge in [-0.15, -0.1) is 11.3 Å². The van der Waals surface area contributed by atoms with Crippen molar-refractivity contribution in [3.8, 4) is 6.07 Å². The molecule has 1 N–H and O–H groups in total. The molecule has 0 aliphatic heterocycles. The average Bonchev–Trinajstić information content (AvgIpc) is 2.78. The van der Waals surface area contributed by atoms with Crippen molar-refractivity contribution in [3.63, 3.8) is 0 Å². The van der Waals surface area contributed by atoms with E-state index in [-0.39, 0.29) is 5.91 Å². The van der Waals surface area contributed by atoms with E-state index in [0.29, 0.717) is 21.2 Å². The minimum absolute atomic E-state index is 0.257. The van der Waals surface area contributed by atoms with Crippen molar-refractivity contribution in [3.05, 3.63) is 44.9 Å². The number of amides is 1. The molecule has 2 aromatic rings. The number of aryl methyl sites for hydroxylation is 1. The van der Waals surface area contributed by atoms with Crippen LogP contribution in [0.1, 0.15) is 20.2 Å². The summed E-state index contributed by atoms with van der Waals surface area (Å²) in [5.41, 5.74) is 0.929. The first kappa shape index (κ1) is 12.6. The van der Waals surface area contributed by atoms with Gasteiger partial charge in [0.15, 0.2) is 0 Å². The zero-order chi connectivity index (χ0) is 13.1.